The maximum atomic E-state index is 5.88. The molecule has 1 unspecified atom stereocenters. The third-order valence-electron chi connectivity index (χ3n) is 4.68. The molecule has 20 heavy (non-hydrogen) atoms. The molecule has 1 aliphatic heterocycles. The summed E-state index contributed by atoms with van der Waals surface area (Å²) in [5, 5.41) is 0. The molecule has 1 heterocycles. The van der Waals surface area contributed by atoms with E-state index in [-0.39, 0.29) is 0 Å². The smallest absolute Gasteiger partial charge is 0.122 e. The van der Waals surface area contributed by atoms with E-state index in [1.807, 2.05) is 0 Å². The van der Waals surface area contributed by atoms with Crippen LogP contribution < -0.4 is 10.5 Å². The number of nitrogens with zero attached hydrogens (tertiary/aromatic N) is 1. The van der Waals surface area contributed by atoms with Crippen molar-refractivity contribution in [3.63, 3.8) is 0 Å². The summed E-state index contributed by atoms with van der Waals surface area (Å²) in [7, 11) is 1.75. The summed E-state index contributed by atoms with van der Waals surface area (Å²) < 4.78 is 5.49. The molecule has 1 fully saturated rings. The molecule has 2 rings (SSSR count). The van der Waals surface area contributed by atoms with Crippen LogP contribution in [0.1, 0.15) is 47.6 Å². The lowest BCUT2D eigenvalue weighted by atomic mass is 9.90. The summed E-state index contributed by atoms with van der Waals surface area (Å²) in [5.74, 6) is 0.997. The Morgan fingerprint density at radius 3 is 2.40 bits per heavy atom. The highest BCUT2D eigenvalue weighted by Gasteiger charge is 2.26. The van der Waals surface area contributed by atoms with Gasteiger partial charge in [0.2, 0.25) is 0 Å². The van der Waals surface area contributed by atoms with Gasteiger partial charge in [-0.25, -0.2) is 0 Å². The Labute approximate surface area is 123 Å². The van der Waals surface area contributed by atoms with E-state index < -0.39 is 0 Å². The molecule has 0 saturated carbocycles. The van der Waals surface area contributed by atoms with Gasteiger partial charge < -0.3 is 10.5 Å². The van der Waals surface area contributed by atoms with Crippen LogP contribution in [0.5, 0.6) is 5.75 Å². The van der Waals surface area contributed by atoms with Gasteiger partial charge in [0.1, 0.15) is 5.75 Å². The van der Waals surface area contributed by atoms with Gasteiger partial charge in [-0.05, 0) is 88.0 Å². The summed E-state index contributed by atoms with van der Waals surface area (Å²) >= 11 is 0. The lowest BCUT2D eigenvalue weighted by molar-refractivity contribution is 0.234. The molecule has 3 heteroatoms. The summed E-state index contributed by atoms with van der Waals surface area (Å²) in [6.45, 7) is 9.72. The van der Waals surface area contributed by atoms with Gasteiger partial charge in [0.05, 0.1) is 7.11 Å². The summed E-state index contributed by atoms with van der Waals surface area (Å²) in [6, 6.07) is 2.64. The minimum absolute atomic E-state index is 0.465. The van der Waals surface area contributed by atoms with Crippen molar-refractivity contribution in [3.8, 4) is 5.75 Å². The molecule has 0 aromatic heterocycles. The van der Waals surface area contributed by atoms with Crippen molar-refractivity contribution in [2.24, 2.45) is 5.73 Å². The first kappa shape index (κ1) is 15.3. The summed E-state index contributed by atoms with van der Waals surface area (Å²) in [5.41, 5.74) is 11.3. The third-order valence-corrected chi connectivity index (χ3v) is 4.68. The molecule has 1 aromatic carbocycles. The fourth-order valence-electron chi connectivity index (χ4n) is 3.51. The predicted molar refractivity (Wildman–Crippen MR) is 84.4 cm³/mol. The number of benzene rings is 1. The Morgan fingerprint density at radius 1 is 1.20 bits per heavy atom. The van der Waals surface area contributed by atoms with Crippen molar-refractivity contribution in [2.45, 2.75) is 46.1 Å². The van der Waals surface area contributed by atoms with Gasteiger partial charge in [-0.1, -0.05) is 0 Å². The highest BCUT2D eigenvalue weighted by atomic mass is 16.5. The van der Waals surface area contributed by atoms with E-state index in [4.69, 9.17) is 10.5 Å². The van der Waals surface area contributed by atoms with Gasteiger partial charge in [0.15, 0.2) is 0 Å². The van der Waals surface area contributed by atoms with Gasteiger partial charge >= 0.3 is 0 Å². The van der Waals surface area contributed by atoms with Crippen molar-refractivity contribution in [1.29, 1.82) is 0 Å². The Morgan fingerprint density at radius 2 is 1.85 bits per heavy atom. The quantitative estimate of drug-likeness (QED) is 0.898. The van der Waals surface area contributed by atoms with Crippen LogP contribution in [0, 0.1) is 20.8 Å². The minimum atomic E-state index is 0.465. The molecule has 0 aliphatic carbocycles. The molecule has 2 N–H and O–H groups in total. The maximum Gasteiger partial charge on any atom is 0.122 e. The minimum Gasteiger partial charge on any atom is -0.496 e. The number of likely N-dealkylation sites (tertiary alicyclic amines) is 1. The SMILES string of the molecule is COc1cc(C)c(C(CCN)N2CCCC2)c(C)c1C. The molecule has 112 valence electrons. The lowest BCUT2D eigenvalue weighted by Gasteiger charge is -2.31. The number of hydrogen-bond acceptors (Lipinski definition) is 3. The topological polar surface area (TPSA) is 38.5 Å². The van der Waals surface area contributed by atoms with Gasteiger partial charge in [-0.2, -0.15) is 0 Å². The lowest BCUT2D eigenvalue weighted by Crippen LogP contribution is -2.29. The van der Waals surface area contributed by atoms with E-state index in [1.54, 1.807) is 7.11 Å². The molecule has 1 aromatic rings. The predicted octanol–water partition coefficient (Wildman–Crippen LogP) is 3.11. The molecule has 0 spiro atoms. The van der Waals surface area contributed by atoms with Crippen LogP contribution in [0.2, 0.25) is 0 Å². The highest BCUT2D eigenvalue weighted by molar-refractivity contribution is 5.49. The van der Waals surface area contributed by atoms with Crippen molar-refractivity contribution in [1.82, 2.24) is 4.90 Å². The molecule has 1 saturated heterocycles. The third kappa shape index (κ3) is 2.84. The molecule has 0 bridgehead atoms. The molecule has 1 atom stereocenters. The van der Waals surface area contributed by atoms with Crippen LogP contribution in [0.25, 0.3) is 0 Å². The van der Waals surface area contributed by atoms with E-state index >= 15 is 0 Å². The number of hydrogen-bond donors (Lipinski definition) is 1. The van der Waals surface area contributed by atoms with E-state index in [2.05, 4.69) is 31.7 Å². The molecule has 1 aliphatic rings. The maximum absolute atomic E-state index is 5.88. The van der Waals surface area contributed by atoms with E-state index in [1.165, 1.54) is 48.2 Å². The number of ether oxygens (including phenoxy) is 1. The second kappa shape index (κ2) is 6.59. The standard InChI is InChI=1S/C17H28N2O/c1-12-11-16(20-4)13(2)14(3)17(12)15(7-8-18)19-9-5-6-10-19/h11,15H,5-10,18H2,1-4H3. The zero-order valence-electron chi connectivity index (χ0n) is 13.3. The van der Waals surface area contributed by atoms with Crippen LogP contribution in [0.4, 0.5) is 0 Å². The Kier molecular flexibility index (Phi) is 5.06. The second-order valence-electron chi connectivity index (χ2n) is 5.90. The van der Waals surface area contributed by atoms with Gasteiger partial charge in [0, 0.05) is 6.04 Å². The first-order valence-electron chi connectivity index (χ1n) is 7.69. The average Bonchev–Trinajstić information content (AvgIpc) is 2.95. The Hall–Kier alpha value is -1.06. The molecule has 0 amide bonds. The van der Waals surface area contributed by atoms with Crippen molar-refractivity contribution in [2.75, 3.05) is 26.7 Å². The highest BCUT2D eigenvalue weighted by Crippen LogP contribution is 2.36. The van der Waals surface area contributed by atoms with Crippen LogP contribution in [-0.2, 0) is 0 Å². The Balaban J connectivity index is 2.44. The number of nitrogens with two attached hydrogens (primary N) is 1. The van der Waals surface area contributed by atoms with Crippen molar-refractivity contribution in [3.05, 3.63) is 28.3 Å². The normalized spacial score (nSPS) is 17.4. The fourth-order valence-corrected chi connectivity index (χ4v) is 3.51. The van der Waals surface area contributed by atoms with Crippen molar-refractivity contribution >= 4 is 0 Å². The van der Waals surface area contributed by atoms with Crippen LogP contribution in [0.15, 0.2) is 6.07 Å². The zero-order chi connectivity index (χ0) is 14.7. The molecular formula is C17H28N2O. The first-order valence-corrected chi connectivity index (χ1v) is 7.69. The monoisotopic (exact) mass is 276 g/mol. The largest absolute Gasteiger partial charge is 0.496 e. The molecular weight excluding hydrogens is 248 g/mol. The zero-order valence-corrected chi connectivity index (χ0v) is 13.3. The fraction of sp³-hybridized carbons (Fsp3) is 0.647. The van der Waals surface area contributed by atoms with Crippen LogP contribution >= 0.6 is 0 Å². The second-order valence-corrected chi connectivity index (χ2v) is 5.90. The van der Waals surface area contributed by atoms with Crippen LogP contribution in [-0.4, -0.2) is 31.6 Å². The van der Waals surface area contributed by atoms with E-state index in [9.17, 15) is 0 Å². The summed E-state index contributed by atoms with van der Waals surface area (Å²) in [6.07, 6.45) is 3.66. The number of rotatable bonds is 5. The number of methoxy groups -OCH3 is 1. The van der Waals surface area contributed by atoms with E-state index in [0.29, 0.717) is 6.04 Å². The first-order chi connectivity index (χ1) is 9.60. The van der Waals surface area contributed by atoms with E-state index in [0.717, 1.165) is 18.7 Å². The van der Waals surface area contributed by atoms with Gasteiger partial charge in [-0.3, -0.25) is 4.90 Å². The Bertz CT molecular complexity index is 465. The van der Waals surface area contributed by atoms with Crippen LogP contribution in [0.3, 0.4) is 0 Å². The van der Waals surface area contributed by atoms with Crippen molar-refractivity contribution < 1.29 is 4.74 Å². The molecule has 0 radical (unpaired) electrons. The number of aryl methyl sites for hydroxylation is 1. The average molecular weight is 276 g/mol. The van der Waals surface area contributed by atoms with Gasteiger partial charge in [0.25, 0.3) is 0 Å². The molecule has 3 nitrogen and oxygen atoms in total. The summed E-state index contributed by atoms with van der Waals surface area (Å²) in [4.78, 5) is 2.61. The van der Waals surface area contributed by atoms with Gasteiger partial charge in [-0.15, -0.1) is 0 Å².